The molecule has 1 N–H and O–H groups in total. The van der Waals surface area contributed by atoms with Crippen molar-refractivity contribution in [3.8, 4) is 0 Å². The maximum absolute atomic E-state index is 11.4. The van der Waals surface area contributed by atoms with Gasteiger partial charge in [0.25, 0.3) is 0 Å². The van der Waals surface area contributed by atoms with Crippen LogP contribution in [0.5, 0.6) is 0 Å². The van der Waals surface area contributed by atoms with Crippen molar-refractivity contribution < 1.29 is 14.3 Å². The number of ether oxygens (including phenoxy) is 1. The molecule has 0 fully saturated rings. The fourth-order valence-corrected chi connectivity index (χ4v) is 1.93. The van der Waals surface area contributed by atoms with Gasteiger partial charge in [-0.3, -0.25) is 9.59 Å². The number of hydrogen-bond donors (Lipinski definition) is 1. The monoisotopic (exact) mass is 276 g/mol. The van der Waals surface area contributed by atoms with Crippen LogP contribution in [0.4, 0.5) is 5.13 Å². The lowest BCUT2D eigenvalue weighted by Gasteiger charge is -2.05. The number of thiazole rings is 1. The van der Waals surface area contributed by atoms with E-state index < -0.39 is 0 Å². The van der Waals surface area contributed by atoms with E-state index in [1.54, 1.807) is 13.8 Å². The summed E-state index contributed by atoms with van der Waals surface area (Å²) in [5, 5.41) is 2.94. The van der Waals surface area contributed by atoms with Gasteiger partial charge in [-0.15, -0.1) is 22.9 Å². The lowest BCUT2D eigenvalue weighted by molar-refractivity contribution is -0.146. The summed E-state index contributed by atoms with van der Waals surface area (Å²) in [6, 6.07) is 0. The molecule has 0 atom stereocenters. The van der Waals surface area contributed by atoms with Crippen LogP contribution in [0.2, 0.25) is 0 Å². The standard InChI is InChI=1S/C10H13ClN2O3S/c1-6(2)16-9(15)3-7-5-12-10(17-7)13-8(14)4-11/h5-6H,3-4H2,1-2H3,(H,12,13,14). The molecule has 0 bridgehead atoms. The summed E-state index contributed by atoms with van der Waals surface area (Å²) in [4.78, 5) is 27.0. The molecule has 7 heteroatoms. The summed E-state index contributed by atoms with van der Waals surface area (Å²) in [5.41, 5.74) is 0. The second-order valence-corrected chi connectivity index (χ2v) is 4.91. The number of amides is 1. The highest BCUT2D eigenvalue weighted by molar-refractivity contribution is 7.15. The van der Waals surface area contributed by atoms with E-state index in [4.69, 9.17) is 16.3 Å². The zero-order valence-corrected chi connectivity index (χ0v) is 11.1. The van der Waals surface area contributed by atoms with Crippen molar-refractivity contribution in [3.05, 3.63) is 11.1 Å². The Morgan fingerprint density at radius 2 is 2.29 bits per heavy atom. The molecule has 0 aromatic carbocycles. The van der Waals surface area contributed by atoms with Gasteiger partial charge in [0.05, 0.1) is 12.5 Å². The number of alkyl halides is 1. The minimum atomic E-state index is -0.322. The maximum Gasteiger partial charge on any atom is 0.311 e. The topological polar surface area (TPSA) is 68.3 Å². The number of carbonyl (C=O) groups is 2. The molecule has 1 rings (SSSR count). The lowest BCUT2D eigenvalue weighted by atomic mass is 10.4. The number of rotatable bonds is 5. The Bertz CT molecular complexity index is 406. The van der Waals surface area contributed by atoms with Gasteiger partial charge in [-0.2, -0.15) is 0 Å². The van der Waals surface area contributed by atoms with E-state index in [0.717, 1.165) is 4.88 Å². The minimum absolute atomic E-state index is 0.121. The fourth-order valence-electron chi connectivity index (χ4n) is 1.05. The first-order valence-electron chi connectivity index (χ1n) is 5.01. The van der Waals surface area contributed by atoms with Crippen LogP contribution in [0, 0.1) is 0 Å². The summed E-state index contributed by atoms with van der Waals surface area (Å²) < 4.78 is 5.00. The largest absolute Gasteiger partial charge is 0.463 e. The summed E-state index contributed by atoms with van der Waals surface area (Å²) >= 11 is 6.57. The van der Waals surface area contributed by atoms with Gasteiger partial charge in [-0.1, -0.05) is 0 Å². The van der Waals surface area contributed by atoms with Crippen molar-refractivity contribution >= 4 is 39.9 Å². The molecule has 0 aliphatic carbocycles. The van der Waals surface area contributed by atoms with E-state index in [1.807, 2.05) is 0 Å². The molecule has 1 aromatic rings. The third-order valence-corrected chi connectivity index (χ3v) is 2.76. The molecule has 0 radical (unpaired) electrons. The van der Waals surface area contributed by atoms with Gasteiger partial charge in [0, 0.05) is 11.1 Å². The smallest absolute Gasteiger partial charge is 0.311 e. The Labute approximate surface area is 108 Å². The van der Waals surface area contributed by atoms with Crippen molar-refractivity contribution in [1.82, 2.24) is 4.98 Å². The highest BCUT2D eigenvalue weighted by Gasteiger charge is 2.11. The molecule has 0 aliphatic rings. The van der Waals surface area contributed by atoms with E-state index in [1.165, 1.54) is 17.5 Å². The predicted molar refractivity (Wildman–Crippen MR) is 66.4 cm³/mol. The van der Waals surface area contributed by atoms with Crippen LogP contribution in [0.25, 0.3) is 0 Å². The summed E-state index contributed by atoms with van der Waals surface area (Å²) in [6.45, 7) is 3.58. The van der Waals surface area contributed by atoms with E-state index >= 15 is 0 Å². The molecule has 0 saturated carbocycles. The molecule has 1 heterocycles. The van der Waals surface area contributed by atoms with Crippen molar-refractivity contribution in [2.24, 2.45) is 0 Å². The Morgan fingerprint density at radius 3 is 2.88 bits per heavy atom. The molecule has 5 nitrogen and oxygen atoms in total. The average molecular weight is 277 g/mol. The van der Waals surface area contributed by atoms with E-state index in [-0.39, 0.29) is 30.3 Å². The second-order valence-electron chi connectivity index (χ2n) is 3.53. The Balaban J connectivity index is 2.51. The number of halogens is 1. The predicted octanol–water partition coefficient (Wildman–Crippen LogP) is 1.81. The number of hydrogen-bond acceptors (Lipinski definition) is 5. The van der Waals surface area contributed by atoms with Gasteiger partial charge in [-0.05, 0) is 13.8 Å². The number of nitrogens with one attached hydrogen (secondary N) is 1. The van der Waals surface area contributed by atoms with Crippen LogP contribution >= 0.6 is 22.9 Å². The summed E-state index contributed by atoms with van der Waals surface area (Å²) in [7, 11) is 0. The first-order chi connectivity index (χ1) is 8.01. The highest BCUT2D eigenvalue weighted by atomic mass is 35.5. The number of anilines is 1. The molecular weight excluding hydrogens is 264 g/mol. The number of carbonyl (C=O) groups excluding carboxylic acids is 2. The van der Waals surface area contributed by atoms with Gasteiger partial charge in [0.2, 0.25) is 5.91 Å². The molecule has 0 aliphatic heterocycles. The van der Waals surface area contributed by atoms with Crippen molar-refractivity contribution in [2.45, 2.75) is 26.4 Å². The molecule has 1 aromatic heterocycles. The van der Waals surface area contributed by atoms with Gasteiger partial charge < -0.3 is 10.1 Å². The SMILES string of the molecule is CC(C)OC(=O)Cc1cnc(NC(=O)CCl)s1. The van der Waals surface area contributed by atoms with Crippen LogP contribution < -0.4 is 5.32 Å². The average Bonchev–Trinajstić information content (AvgIpc) is 2.63. The van der Waals surface area contributed by atoms with Crippen LogP contribution in [0.1, 0.15) is 18.7 Å². The summed E-state index contributed by atoms with van der Waals surface area (Å²) in [6.07, 6.45) is 1.56. The molecule has 0 saturated heterocycles. The fraction of sp³-hybridized carbons (Fsp3) is 0.500. The second kappa shape index (κ2) is 6.56. The first kappa shape index (κ1) is 13.9. The lowest BCUT2D eigenvalue weighted by Crippen LogP contribution is -2.13. The Morgan fingerprint density at radius 1 is 1.59 bits per heavy atom. The quantitative estimate of drug-likeness (QED) is 0.658. The Hall–Kier alpha value is -1.14. The zero-order valence-electron chi connectivity index (χ0n) is 9.53. The van der Waals surface area contributed by atoms with Gasteiger partial charge in [0.15, 0.2) is 5.13 Å². The molecule has 1 amide bonds. The van der Waals surface area contributed by atoms with Crippen LogP contribution in [-0.4, -0.2) is 28.8 Å². The highest BCUT2D eigenvalue weighted by Crippen LogP contribution is 2.19. The number of esters is 1. The van der Waals surface area contributed by atoms with Crippen molar-refractivity contribution in [2.75, 3.05) is 11.2 Å². The van der Waals surface area contributed by atoms with E-state index in [9.17, 15) is 9.59 Å². The van der Waals surface area contributed by atoms with Crippen LogP contribution in [-0.2, 0) is 20.7 Å². The minimum Gasteiger partial charge on any atom is -0.463 e. The number of nitrogens with zero attached hydrogens (tertiary/aromatic N) is 1. The van der Waals surface area contributed by atoms with Crippen molar-refractivity contribution in [3.63, 3.8) is 0 Å². The molecule has 17 heavy (non-hydrogen) atoms. The zero-order chi connectivity index (χ0) is 12.8. The third kappa shape index (κ3) is 5.14. The van der Waals surface area contributed by atoms with Gasteiger partial charge >= 0.3 is 5.97 Å². The molecule has 0 spiro atoms. The van der Waals surface area contributed by atoms with E-state index in [0.29, 0.717) is 5.13 Å². The summed E-state index contributed by atoms with van der Waals surface area (Å²) in [5.74, 6) is -0.749. The van der Waals surface area contributed by atoms with E-state index in [2.05, 4.69) is 10.3 Å². The van der Waals surface area contributed by atoms with Crippen LogP contribution in [0.15, 0.2) is 6.20 Å². The third-order valence-electron chi connectivity index (χ3n) is 1.61. The van der Waals surface area contributed by atoms with Crippen LogP contribution in [0.3, 0.4) is 0 Å². The molecular formula is C10H13ClN2O3S. The Kier molecular flexibility index (Phi) is 5.37. The number of aromatic nitrogens is 1. The van der Waals surface area contributed by atoms with Crippen molar-refractivity contribution in [1.29, 1.82) is 0 Å². The van der Waals surface area contributed by atoms with Gasteiger partial charge in [0.1, 0.15) is 5.88 Å². The first-order valence-corrected chi connectivity index (χ1v) is 6.36. The maximum atomic E-state index is 11.4. The normalized spacial score (nSPS) is 10.4. The molecule has 94 valence electrons. The van der Waals surface area contributed by atoms with Gasteiger partial charge in [-0.25, -0.2) is 4.98 Å². The molecule has 0 unspecified atom stereocenters.